The summed E-state index contributed by atoms with van der Waals surface area (Å²) in [6, 6.07) is -0.0794. The largest absolute Gasteiger partial charge is 0.468 e. The smallest absolute Gasteiger partial charge is 0.323 e. The van der Waals surface area contributed by atoms with Gasteiger partial charge in [0, 0.05) is 18.2 Å². The van der Waals surface area contributed by atoms with E-state index in [0.29, 0.717) is 5.75 Å². The van der Waals surface area contributed by atoms with Crippen molar-refractivity contribution in [3.05, 3.63) is 5.82 Å². The molecule has 0 aliphatic rings. The third-order valence-electron chi connectivity index (χ3n) is 2.16. The number of nitrogens with zero attached hydrogens (tertiary/aromatic N) is 2. The van der Waals surface area contributed by atoms with E-state index >= 15 is 0 Å². The molecule has 0 aromatic carbocycles. The summed E-state index contributed by atoms with van der Waals surface area (Å²) in [6.45, 7) is 6.02. The minimum Gasteiger partial charge on any atom is -0.468 e. The third kappa shape index (κ3) is 4.91. The van der Waals surface area contributed by atoms with E-state index in [0.717, 1.165) is 16.6 Å². The molecule has 0 amide bonds. The average Bonchev–Trinajstić information content (AvgIpc) is 2.81. The lowest BCUT2D eigenvalue weighted by Gasteiger charge is -2.17. The van der Waals surface area contributed by atoms with Crippen LogP contribution >= 0.6 is 23.3 Å². The minimum absolute atomic E-state index is 0.232. The molecule has 1 aromatic rings. The third-order valence-corrected chi connectivity index (χ3v) is 4.12. The van der Waals surface area contributed by atoms with Gasteiger partial charge in [-0.1, -0.05) is 32.5 Å². The molecule has 0 radical (unpaired) electrons. The average molecular weight is 289 g/mol. The van der Waals surface area contributed by atoms with Crippen LogP contribution in [-0.4, -0.2) is 40.3 Å². The fourth-order valence-corrected chi connectivity index (χ4v) is 3.06. The van der Waals surface area contributed by atoms with Gasteiger partial charge in [-0.05, 0) is 11.5 Å². The molecule has 1 unspecified atom stereocenters. The lowest BCUT2D eigenvalue weighted by atomic mass is 10.3. The number of rotatable bonds is 7. The van der Waals surface area contributed by atoms with Crippen LogP contribution in [0.25, 0.3) is 0 Å². The maximum absolute atomic E-state index is 11.6. The van der Waals surface area contributed by atoms with Crippen LogP contribution in [0.4, 0.5) is 0 Å². The number of aromatic nitrogens is 2. The standard InChI is InChI=1S/C11H19N3O2S2/c1-5-9-13-11(18-14-9)17-6-8(10(15)16-4)12-7(2)3/h7-8,12H,5-6H2,1-4H3. The van der Waals surface area contributed by atoms with Gasteiger partial charge in [0.15, 0.2) is 4.34 Å². The van der Waals surface area contributed by atoms with Gasteiger partial charge in [-0.2, -0.15) is 4.37 Å². The number of carbonyl (C=O) groups excluding carboxylic acids is 1. The Bertz CT molecular complexity index is 382. The molecule has 0 aliphatic heterocycles. The second kappa shape index (κ2) is 7.70. The van der Waals surface area contributed by atoms with Crippen LogP contribution in [0.5, 0.6) is 0 Å². The molecule has 7 heteroatoms. The van der Waals surface area contributed by atoms with E-state index in [1.807, 2.05) is 20.8 Å². The van der Waals surface area contributed by atoms with Gasteiger partial charge < -0.3 is 10.1 Å². The van der Waals surface area contributed by atoms with Crippen molar-refractivity contribution in [3.63, 3.8) is 0 Å². The fourth-order valence-electron chi connectivity index (χ4n) is 1.32. The molecular weight excluding hydrogens is 270 g/mol. The Labute approximate surface area is 116 Å². The van der Waals surface area contributed by atoms with E-state index in [1.54, 1.807) is 0 Å². The van der Waals surface area contributed by atoms with E-state index in [9.17, 15) is 4.79 Å². The second-order valence-corrected chi connectivity index (χ2v) is 6.06. The van der Waals surface area contributed by atoms with Crippen LogP contribution in [0.1, 0.15) is 26.6 Å². The summed E-state index contributed by atoms with van der Waals surface area (Å²) in [7, 11) is 1.40. The Morgan fingerprint density at radius 3 is 2.78 bits per heavy atom. The van der Waals surface area contributed by atoms with Crippen LogP contribution in [0, 0.1) is 0 Å². The van der Waals surface area contributed by atoms with Crippen molar-refractivity contribution in [2.45, 2.75) is 43.6 Å². The monoisotopic (exact) mass is 289 g/mol. The molecule has 1 N–H and O–H groups in total. The summed E-state index contributed by atoms with van der Waals surface area (Å²) in [5.74, 6) is 1.22. The number of esters is 1. The lowest BCUT2D eigenvalue weighted by molar-refractivity contribution is -0.142. The maximum Gasteiger partial charge on any atom is 0.323 e. The molecule has 0 saturated heterocycles. The Kier molecular flexibility index (Phi) is 6.59. The van der Waals surface area contributed by atoms with E-state index < -0.39 is 0 Å². The number of aryl methyl sites for hydroxylation is 1. The quantitative estimate of drug-likeness (QED) is 0.609. The number of methoxy groups -OCH3 is 1. The SMILES string of the molecule is CCc1nsc(SCC(NC(C)C)C(=O)OC)n1. The molecule has 0 bridgehead atoms. The highest BCUT2D eigenvalue weighted by Crippen LogP contribution is 2.21. The summed E-state index contributed by atoms with van der Waals surface area (Å²) < 4.78 is 9.89. The van der Waals surface area contributed by atoms with E-state index in [-0.39, 0.29) is 18.1 Å². The van der Waals surface area contributed by atoms with Crippen molar-refractivity contribution in [2.75, 3.05) is 12.9 Å². The van der Waals surface area contributed by atoms with Gasteiger partial charge >= 0.3 is 5.97 Å². The number of thioether (sulfide) groups is 1. The van der Waals surface area contributed by atoms with Crippen molar-refractivity contribution < 1.29 is 9.53 Å². The van der Waals surface area contributed by atoms with Crippen LogP contribution in [0.15, 0.2) is 4.34 Å². The van der Waals surface area contributed by atoms with Gasteiger partial charge in [0.1, 0.15) is 11.9 Å². The molecule has 0 spiro atoms. The number of ether oxygens (including phenoxy) is 1. The number of hydrogen-bond donors (Lipinski definition) is 1. The molecule has 1 aromatic heterocycles. The molecule has 102 valence electrons. The molecule has 0 fully saturated rings. The molecule has 0 aliphatic carbocycles. The van der Waals surface area contributed by atoms with Gasteiger partial charge in [-0.3, -0.25) is 4.79 Å². The zero-order valence-corrected chi connectivity index (χ0v) is 12.7. The van der Waals surface area contributed by atoms with Crippen molar-refractivity contribution in [3.8, 4) is 0 Å². The van der Waals surface area contributed by atoms with Crippen LogP contribution in [0.3, 0.4) is 0 Å². The maximum atomic E-state index is 11.6. The number of hydrogen-bond acceptors (Lipinski definition) is 7. The first kappa shape index (κ1) is 15.4. The summed E-state index contributed by atoms with van der Waals surface area (Å²) in [5, 5.41) is 3.18. The van der Waals surface area contributed by atoms with Crippen LogP contribution in [-0.2, 0) is 16.0 Å². The molecule has 1 rings (SSSR count). The zero-order chi connectivity index (χ0) is 13.5. The summed E-state index contributed by atoms with van der Waals surface area (Å²) >= 11 is 2.91. The first-order chi connectivity index (χ1) is 8.56. The topological polar surface area (TPSA) is 64.1 Å². The van der Waals surface area contributed by atoms with Gasteiger partial charge in [-0.15, -0.1) is 0 Å². The highest BCUT2D eigenvalue weighted by molar-refractivity contribution is 8.01. The molecular formula is C11H19N3O2S2. The summed E-state index contributed by atoms with van der Waals surface area (Å²) in [4.78, 5) is 16.0. The number of nitrogens with one attached hydrogen (secondary N) is 1. The Morgan fingerprint density at radius 2 is 2.28 bits per heavy atom. The minimum atomic E-state index is -0.311. The van der Waals surface area contributed by atoms with Gasteiger partial charge in [-0.25, -0.2) is 4.98 Å². The van der Waals surface area contributed by atoms with Crippen molar-refractivity contribution in [1.29, 1.82) is 0 Å². The van der Waals surface area contributed by atoms with E-state index in [2.05, 4.69) is 14.7 Å². The molecule has 1 heterocycles. The zero-order valence-electron chi connectivity index (χ0n) is 11.1. The Hall–Kier alpha value is -0.660. The Balaban J connectivity index is 2.52. The van der Waals surface area contributed by atoms with Crippen molar-refractivity contribution in [2.24, 2.45) is 0 Å². The summed E-state index contributed by atoms with van der Waals surface area (Å²) in [6.07, 6.45) is 0.835. The van der Waals surface area contributed by atoms with Crippen LogP contribution in [0.2, 0.25) is 0 Å². The highest BCUT2D eigenvalue weighted by atomic mass is 32.2. The summed E-state index contributed by atoms with van der Waals surface area (Å²) in [5.41, 5.74) is 0. The Morgan fingerprint density at radius 1 is 1.56 bits per heavy atom. The first-order valence-electron chi connectivity index (χ1n) is 5.86. The lowest BCUT2D eigenvalue weighted by Crippen LogP contribution is -2.43. The predicted molar refractivity (Wildman–Crippen MR) is 74.1 cm³/mol. The van der Waals surface area contributed by atoms with Gasteiger partial charge in [0.25, 0.3) is 0 Å². The van der Waals surface area contributed by atoms with Gasteiger partial charge in [0.05, 0.1) is 7.11 Å². The first-order valence-corrected chi connectivity index (χ1v) is 7.62. The normalized spacial score (nSPS) is 12.7. The van der Waals surface area contributed by atoms with Crippen molar-refractivity contribution in [1.82, 2.24) is 14.7 Å². The second-order valence-electron chi connectivity index (χ2n) is 4.04. The molecule has 18 heavy (non-hydrogen) atoms. The molecule has 1 atom stereocenters. The predicted octanol–water partition coefficient (Wildman–Crippen LogP) is 1.73. The van der Waals surface area contributed by atoms with Crippen molar-refractivity contribution >= 4 is 29.3 Å². The van der Waals surface area contributed by atoms with E-state index in [4.69, 9.17) is 4.74 Å². The fraction of sp³-hybridized carbons (Fsp3) is 0.727. The van der Waals surface area contributed by atoms with Gasteiger partial charge in [0.2, 0.25) is 0 Å². The number of carbonyl (C=O) groups is 1. The van der Waals surface area contributed by atoms with Crippen LogP contribution < -0.4 is 5.32 Å². The highest BCUT2D eigenvalue weighted by Gasteiger charge is 2.20. The van der Waals surface area contributed by atoms with E-state index in [1.165, 1.54) is 30.4 Å². The molecule has 0 saturated carbocycles. The molecule has 5 nitrogen and oxygen atoms in total.